The molecule has 0 bridgehead atoms. The highest BCUT2D eigenvalue weighted by molar-refractivity contribution is 6.32. The Balaban J connectivity index is 2.81. The van der Waals surface area contributed by atoms with Gasteiger partial charge in [0.15, 0.2) is 5.15 Å². The van der Waals surface area contributed by atoms with Gasteiger partial charge in [0.05, 0.1) is 11.7 Å². The molecule has 3 N–H and O–H groups in total. The first-order chi connectivity index (χ1) is 7.97. The predicted octanol–water partition coefficient (Wildman–Crippen LogP) is 2.36. The minimum Gasteiger partial charge on any atom is -0.322 e. The molecule has 4 nitrogen and oxygen atoms in total. The fraction of sp³-hybridized carbons (Fsp3) is 0.500. The van der Waals surface area contributed by atoms with Crippen molar-refractivity contribution < 1.29 is 4.79 Å². The molecule has 0 aromatic carbocycles. The number of anilines is 1. The predicted molar refractivity (Wildman–Crippen MR) is 70.0 cm³/mol. The monoisotopic (exact) mass is 255 g/mol. The van der Waals surface area contributed by atoms with Gasteiger partial charge in [-0.15, -0.1) is 0 Å². The van der Waals surface area contributed by atoms with Gasteiger partial charge in [-0.2, -0.15) is 0 Å². The molecule has 1 aromatic rings. The van der Waals surface area contributed by atoms with Crippen molar-refractivity contribution >= 4 is 23.2 Å². The van der Waals surface area contributed by atoms with E-state index in [9.17, 15) is 4.79 Å². The minimum absolute atomic E-state index is 0.130. The molecule has 2 atom stereocenters. The average Bonchev–Trinajstić information content (AvgIpc) is 2.31. The zero-order valence-electron chi connectivity index (χ0n) is 10.3. The molecular weight excluding hydrogens is 238 g/mol. The largest absolute Gasteiger partial charge is 0.322 e. The lowest BCUT2D eigenvalue weighted by Crippen LogP contribution is -2.40. The molecule has 94 valence electrons. The van der Waals surface area contributed by atoms with E-state index >= 15 is 0 Å². The van der Waals surface area contributed by atoms with Crippen LogP contribution >= 0.6 is 11.6 Å². The third-order valence-electron chi connectivity index (χ3n) is 2.92. The highest BCUT2D eigenvalue weighted by Gasteiger charge is 2.20. The Bertz CT molecular complexity index is 388. The standard InChI is InChI=1S/C12H18ClN3O/c1-4-7(2)9(14)12(17)16-10-8(3)5-6-15-11(10)13/h5-7,9H,4,14H2,1-3H3,(H,16,17)/t7?,9-/m0/s1. The first kappa shape index (κ1) is 13.9. The Morgan fingerprint density at radius 1 is 1.65 bits per heavy atom. The van der Waals surface area contributed by atoms with E-state index in [0.29, 0.717) is 5.69 Å². The highest BCUT2D eigenvalue weighted by Crippen LogP contribution is 2.23. The maximum atomic E-state index is 11.9. The number of rotatable bonds is 4. The number of aryl methyl sites for hydroxylation is 1. The second kappa shape index (κ2) is 5.98. The third-order valence-corrected chi connectivity index (χ3v) is 3.21. The van der Waals surface area contributed by atoms with Crippen molar-refractivity contribution in [3.05, 3.63) is 23.0 Å². The molecule has 0 saturated carbocycles. The molecule has 1 amide bonds. The fourth-order valence-electron chi connectivity index (χ4n) is 1.39. The Hall–Kier alpha value is -1.13. The van der Waals surface area contributed by atoms with Crippen LogP contribution in [0.4, 0.5) is 5.69 Å². The molecule has 0 aliphatic heterocycles. The molecule has 0 fully saturated rings. The van der Waals surface area contributed by atoms with Crippen LogP contribution in [0.1, 0.15) is 25.8 Å². The molecule has 1 unspecified atom stereocenters. The van der Waals surface area contributed by atoms with Gasteiger partial charge in [0.25, 0.3) is 0 Å². The number of nitrogens with zero attached hydrogens (tertiary/aromatic N) is 1. The van der Waals surface area contributed by atoms with Crippen LogP contribution in [0.2, 0.25) is 5.15 Å². The second-order valence-corrected chi connectivity index (χ2v) is 4.55. The van der Waals surface area contributed by atoms with Crippen LogP contribution < -0.4 is 11.1 Å². The number of nitrogens with two attached hydrogens (primary N) is 1. The molecule has 1 heterocycles. The summed E-state index contributed by atoms with van der Waals surface area (Å²) in [5.74, 6) is -0.0943. The summed E-state index contributed by atoms with van der Waals surface area (Å²) in [4.78, 5) is 15.8. The van der Waals surface area contributed by atoms with E-state index in [2.05, 4.69) is 10.3 Å². The van der Waals surface area contributed by atoms with E-state index in [1.165, 1.54) is 0 Å². The summed E-state index contributed by atoms with van der Waals surface area (Å²) in [6, 6.07) is 1.26. The maximum absolute atomic E-state index is 11.9. The van der Waals surface area contributed by atoms with Gasteiger partial charge in [-0.25, -0.2) is 4.98 Å². The first-order valence-electron chi connectivity index (χ1n) is 5.64. The van der Waals surface area contributed by atoms with Gasteiger partial charge in [-0.05, 0) is 24.5 Å². The summed E-state index contributed by atoms with van der Waals surface area (Å²) in [5.41, 5.74) is 7.25. The lowest BCUT2D eigenvalue weighted by atomic mass is 9.99. The summed E-state index contributed by atoms with van der Waals surface area (Å²) in [6.07, 6.45) is 2.45. The summed E-state index contributed by atoms with van der Waals surface area (Å²) in [7, 11) is 0. The van der Waals surface area contributed by atoms with E-state index < -0.39 is 6.04 Å². The number of carbonyl (C=O) groups excluding carboxylic acids is 1. The smallest absolute Gasteiger partial charge is 0.241 e. The van der Waals surface area contributed by atoms with Gasteiger partial charge in [0.2, 0.25) is 5.91 Å². The zero-order chi connectivity index (χ0) is 13.0. The van der Waals surface area contributed by atoms with Gasteiger partial charge in [0, 0.05) is 6.20 Å². The summed E-state index contributed by atoms with van der Waals surface area (Å²) in [6.45, 7) is 5.81. The Labute approximate surface area is 107 Å². The molecule has 1 rings (SSSR count). The van der Waals surface area contributed by atoms with E-state index in [0.717, 1.165) is 12.0 Å². The van der Waals surface area contributed by atoms with E-state index in [4.69, 9.17) is 17.3 Å². The molecule has 0 aliphatic carbocycles. The van der Waals surface area contributed by atoms with Crippen molar-refractivity contribution in [1.82, 2.24) is 4.98 Å². The Morgan fingerprint density at radius 3 is 2.82 bits per heavy atom. The Morgan fingerprint density at radius 2 is 2.29 bits per heavy atom. The van der Waals surface area contributed by atoms with Gasteiger partial charge < -0.3 is 11.1 Å². The van der Waals surface area contributed by atoms with Gasteiger partial charge in [-0.3, -0.25) is 4.79 Å². The van der Waals surface area contributed by atoms with E-state index in [1.807, 2.05) is 20.8 Å². The van der Waals surface area contributed by atoms with E-state index in [1.54, 1.807) is 12.3 Å². The van der Waals surface area contributed by atoms with Crippen molar-refractivity contribution in [2.24, 2.45) is 11.7 Å². The molecule has 0 saturated heterocycles. The number of nitrogens with one attached hydrogen (secondary N) is 1. The van der Waals surface area contributed by atoms with Crippen molar-refractivity contribution in [1.29, 1.82) is 0 Å². The summed E-state index contributed by atoms with van der Waals surface area (Å²) >= 11 is 5.93. The molecule has 5 heteroatoms. The van der Waals surface area contributed by atoms with Gasteiger partial charge in [-0.1, -0.05) is 31.9 Å². The molecule has 0 spiro atoms. The maximum Gasteiger partial charge on any atom is 0.241 e. The quantitative estimate of drug-likeness (QED) is 0.812. The topological polar surface area (TPSA) is 68.0 Å². The van der Waals surface area contributed by atoms with Crippen molar-refractivity contribution in [3.63, 3.8) is 0 Å². The number of amides is 1. The first-order valence-corrected chi connectivity index (χ1v) is 6.02. The van der Waals surface area contributed by atoms with Crippen LogP contribution in [0.15, 0.2) is 12.3 Å². The highest BCUT2D eigenvalue weighted by atomic mass is 35.5. The van der Waals surface area contributed by atoms with Crippen molar-refractivity contribution in [3.8, 4) is 0 Å². The zero-order valence-corrected chi connectivity index (χ0v) is 11.1. The molecule has 0 aliphatic rings. The summed E-state index contributed by atoms with van der Waals surface area (Å²) in [5, 5.41) is 3.02. The van der Waals surface area contributed by atoms with Crippen molar-refractivity contribution in [2.75, 3.05) is 5.32 Å². The number of carbonyl (C=O) groups is 1. The molecule has 1 aromatic heterocycles. The number of hydrogen-bond donors (Lipinski definition) is 2. The normalized spacial score (nSPS) is 14.2. The average molecular weight is 256 g/mol. The molecular formula is C12H18ClN3O. The van der Waals surface area contributed by atoms with Crippen LogP contribution in [0.3, 0.4) is 0 Å². The molecule has 17 heavy (non-hydrogen) atoms. The minimum atomic E-state index is -0.532. The van der Waals surface area contributed by atoms with Crippen LogP contribution in [0.5, 0.6) is 0 Å². The SMILES string of the molecule is CCC(C)[C@H](N)C(=O)Nc1c(C)ccnc1Cl. The lowest BCUT2D eigenvalue weighted by Gasteiger charge is -2.18. The number of hydrogen-bond acceptors (Lipinski definition) is 3. The summed E-state index contributed by atoms with van der Waals surface area (Å²) < 4.78 is 0. The Kier molecular flexibility index (Phi) is 4.90. The number of halogens is 1. The van der Waals surface area contributed by atoms with Gasteiger partial charge >= 0.3 is 0 Å². The van der Waals surface area contributed by atoms with Crippen LogP contribution in [-0.2, 0) is 4.79 Å². The van der Waals surface area contributed by atoms with E-state index in [-0.39, 0.29) is 17.0 Å². The second-order valence-electron chi connectivity index (χ2n) is 4.19. The van der Waals surface area contributed by atoms with Crippen LogP contribution in [0.25, 0.3) is 0 Å². The third kappa shape index (κ3) is 3.41. The molecule has 0 radical (unpaired) electrons. The van der Waals surface area contributed by atoms with Crippen LogP contribution in [-0.4, -0.2) is 16.9 Å². The van der Waals surface area contributed by atoms with Crippen LogP contribution in [0, 0.1) is 12.8 Å². The fourth-order valence-corrected chi connectivity index (χ4v) is 1.65. The van der Waals surface area contributed by atoms with Gasteiger partial charge in [0.1, 0.15) is 0 Å². The number of pyridine rings is 1. The van der Waals surface area contributed by atoms with Crippen molar-refractivity contribution in [2.45, 2.75) is 33.2 Å². The lowest BCUT2D eigenvalue weighted by molar-refractivity contribution is -0.118. The number of aromatic nitrogens is 1.